The van der Waals surface area contributed by atoms with Crippen LogP contribution in [-0.2, 0) is 4.79 Å². The lowest BCUT2D eigenvalue weighted by Gasteiger charge is -2.28. The predicted molar refractivity (Wildman–Crippen MR) is 133 cm³/mol. The number of benzene rings is 2. The molecule has 6 N–H and O–H groups in total. The largest absolute Gasteiger partial charge is 0.399 e. The SMILES string of the molecule is NCC1CCC(c2cccc(-c3csc(NC(=O)CNC(=O)c4ccc(N)cc4)n3)c2)CC1. The van der Waals surface area contributed by atoms with E-state index in [4.69, 9.17) is 11.5 Å². The Bertz CT molecular complexity index is 1100. The van der Waals surface area contributed by atoms with Crippen LogP contribution < -0.4 is 22.1 Å². The van der Waals surface area contributed by atoms with Crippen LogP contribution >= 0.6 is 11.3 Å². The summed E-state index contributed by atoms with van der Waals surface area (Å²) in [6.45, 7) is 0.643. The molecule has 33 heavy (non-hydrogen) atoms. The first-order valence-electron chi connectivity index (χ1n) is 11.2. The number of nitrogen functional groups attached to an aromatic ring is 1. The van der Waals surface area contributed by atoms with Gasteiger partial charge in [0.1, 0.15) is 0 Å². The number of carbonyl (C=O) groups excluding carboxylic acids is 2. The zero-order valence-electron chi connectivity index (χ0n) is 18.4. The number of thiazole rings is 1. The van der Waals surface area contributed by atoms with Crippen molar-refractivity contribution in [1.82, 2.24) is 10.3 Å². The number of amides is 2. The van der Waals surface area contributed by atoms with Gasteiger partial charge in [0.15, 0.2) is 5.13 Å². The highest BCUT2D eigenvalue weighted by Crippen LogP contribution is 2.37. The van der Waals surface area contributed by atoms with Crippen molar-refractivity contribution >= 4 is 34.0 Å². The molecule has 0 radical (unpaired) electrons. The summed E-state index contributed by atoms with van der Waals surface area (Å²) in [5.41, 5.74) is 15.7. The molecule has 7 nitrogen and oxygen atoms in total. The molecule has 0 spiro atoms. The zero-order chi connectivity index (χ0) is 23.2. The Labute approximate surface area is 197 Å². The lowest BCUT2D eigenvalue weighted by Crippen LogP contribution is -2.32. The Kier molecular flexibility index (Phi) is 7.36. The number of hydrogen-bond acceptors (Lipinski definition) is 6. The van der Waals surface area contributed by atoms with E-state index in [9.17, 15) is 9.59 Å². The summed E-state index contributed by atoms with van der Waals surface area (Å²) in [7, 11) is 0. The Hall–Kier alpha value is -3.23. The predicted octanol–water partition coefficient (Wildman–Crippen LogP) is 3.99. The van der Waals surface area contributed by atoms with Crippen LogP contribution in [-0.4, -0.2) is 29.9 Å². The van der Waals surface area contributed by atoms with Gasteiger partial charge in [0.25, 0.3) is 5.91 Å². The highest BCUT2D eigenvalue weighted by molar-refractivity contribution is 7.14. The third-order valence-electron chi connectivity index (χ3n) is 6.17. The van der Waals surface area contributed by atoms with E-state index in [0.717, 1.165) is 17.8 Å². The van der Waals surface area contributed by atoms with Gasteiger partial charge in [-0.1, -0.05) is 18.2 Å². The van der Waals surface area contributed by atoms with E-state index in [1.54, 1.807) is 24.3 Å². The summed E-state index contributed by atoms with van der Waals surface area (Å²) in [5.74, 6) is 0.563. The zero-order valence-corrected chi connectivity index (χ0v) is 19.2. The van der Waals surface area contributed by atoms with Gasteiger partial charge in [0, 0.05) is 22.2 Å². The lowest BCUT2D eigenvalue weighted by atomic mass is 9.78. The molecule has 2 amide bonds. The van der Waals surface area contributed by atoms with Gasteiger partial charge in [-0.15, -0.1) is 11.3 Å². The summed E-state index contributed by atoms with van der Waals surface area (Å²) in [4.78, 5) is 29.0. The maximum atomic E-state index is 12.3. The Morgan fingerprint density at radius 2 is 1.82 bits per heavy atom. The van der Waals surface area contributed by atoms with Crippen LogP contribution in [0.3, 0.4) is 0 Å². The second-order valence-corrected chi connectivity index (χ2v) is 9.33. The molecule has 172 valence electrons. The number of anilines is 2. The number of carbonyl (C=O) groups is 2. The number of nitrogens with two attached hydrogens (primary N) is 2. The lowest BCUT2D eigenvalue weighted by molar-refractivity contribution is -0.115. The summed E-state index contributed by atoms with van der Waals surface area (Å²) < 4.78 is 0. The van der Waals surface area contributed by atoms with Gasteiger partial charge in [0.2, 0.25) is 5.91 Å². The Balaban J connectivity index is 1.33. The second-order valence-electron chi connectivity index (χ2n) is 8.47. The van der Waals surface area contributed by atoms with Crippen molar-refractivity contribution in [3.8, 4) is 11.3 Å². The number of hydrogen-bond donors (Lipinski definition) is 4. The van der Waals surface area contributed by atoms with Crippen molar-refractivity contribution in [2.24, 2.45) is 11.7 Å². The van der Waals surface area contributed by atoms with Crippen LogP contribution in [0.25, 0.3) is 11.3 Å². The van der Waals surface area contributed by atoms with Gasteiger partial charge in [-0.05, 0) is 80.0 Å². The average molecular weight is 464 g/mol. The number of nitrogens with one attached hydrogen (secondary N) is 2. The molecule has 0 atom stereocenters. The highest BCUT2D eigenvalue weighted by Gasteiger charge is 2.22. The summed E-state index contributed by atoms with van der Waals surface area (Å²) >= 11 is 1.37. The third-order valence-corrected chi connectivity index (χ3v) is 6.92. The fraction of sp³-hybridized carbons (Fsp3) is 0.320. The van der Waals surface area contributed by atoms with Crippen molar-refractivity contribution in [3.63, 3.8) is 0 Å². The topological polar surface area (TPSA) is 123 Å². The molecular formula is C25H29N5O2S. The maximum Gasteiger partial charge on any atom is 0.251 e. The molecule has 1 fully saturated rings. The molecule has 0 unspecified atom stereocenters. The summed E-state index contributed by atoms with van der Waals surface area (Å²) in [6.07, 6.45) is 4.72. The quantitative estimate of drug-likeness (QED) is 0.395. The minimum Gasteiger partial charge on any atom is -0.399 e. The molecule has 2 aromatic carbocycles. The van der Waals surface area contributed by atoms with Crippen LogP contribution in [0.5, 0.6) is 0 Å². The molecule has 0 bridgehead atoms. The highest BCUT2D eigenvalue weighted by atomic mass is 32.1. The van der Waals surface area contributed by atoms with Crippen LogP contribution in [0.4, 0.5) is 10.8 Å². The van der Waals surface area contributed by atoms with Gasteiger partial charge >= 0.3 is 0 Å². The number of aromatic nitrogens is 1. The second kappa shape index (κ2) is 10.6. The van der Waals surface area contributed by atoms with Gasteiger partial charge in [-0.3, -0.25) is 9.59 Å². The molecule has 1 aliphatic carbocycles. The van der Waals surface area contributed by atoms with E-state index < -0.39 is 0 Å². The van der Waals surface area contributed by atoms with Crippen LogP contribution in [0.1, 0.15) is 47.5 Å². The molecule has 3 aromatic rings. The fourth-order valence-corrected chi connectivity index (χ4v) is 4.94. The molecule has 0 aliphatic heterocycles. The standard InChI is InChI=1S/C25H29N5O2S/c26-13-16-4-6-17(7-5-16)19-2-1-3-20(12-19)22-15-33-25(29-22)30-23(31)14-28-24(32)18-8-10-21(27)11-9-18/h1-3,8-12,15-17H,4-7,13-14,26-27H2,(H,28,32)(H,29,30,31). The normalized spacial score (nSPS) is 18.0. The van der Waals surface area contributed by atoms with E-state index in [2.05, 4.69) is 33.8 Å². The van der Waals surface area contributed by atoms with Gasteiger partial charge in [-0.25, -0.2) is 4.98 Å². The summed E-state index contributed by atoms with van der Waals surface area (Å²) in [6, 6.07) is 15.0. The average Bonchev–Trinajstić information content (AvgIpc) is 3.31. The minimum absolute atomic E-state index is 0.140. The van der Waals surface area contributed by atoms with Gasteiger partial charge < -0.3 is 22.1 Å². The van der Waals surface area contributed by atoms with Crippen molar-refractivity contribution in [2.45, 2.75) is 31.6 Å². The van der Waals surface area contributed by atoms with E-state index in [1.165, 1.54) is 42.6 Å². The van der Waals surface area contributed by atoms with E-state index in [0.29, 0.717) is 28.2 Å². The number of rotatable bonds is 7. The van der Waals surface area contributed by atoms with Crippen molar-refractivity contribution < 1.29 is 9.59 Å². The Morgan fingerprint density at radius 1 is 1.06 bits per heavy atom. The van der Waals surface area contributed by atoms with Crippen molar-refractivity contribution in [2.75, 3.05) is 24.1 Å². The third kappa shape index (κ3) is 5.97. The minimum atomic E-state index is -0.331. The first-order chi connectivity index (χ1) is 16.0. The first kappa shape index (κ1) is 22.9. The van der Waals surface area contributed by atoms with Crippen LogP contribution in [0.2, 0.25) is 0 Å². The van der Waals surface area contributed by atoms with Crippen LogP contribution in [0, 0.1) is 5.92 Å². The maximum absolute atomic E-state index is 12.3. The molecule has 0 saturated heterocycles. The molecule has 1 aliphatic rings. The summed E-state index contributed by atoms with van der Waals surface area (Å²) in [5, 5.41) is 7.81. The van der Waals surface area contributed by atoms with E-state index in [-0.39, 0.29) is 18.4 Å². The van der Waals surface area contributed by atoms with E-state index >= 15 is 0 Å². The fourth-order valence-electron chi connectivity index (χ4n) is 4.21. The van der Waals surface area contributed by atoms with Crippen molar-refractivity contribution in [3.05, 3.63) is 65.0 Å². The van der Waals surface area contributed by atoms with Crippen LogP contribution in [0.15, 0.2) is 53.9 Å². The van der Waals surface area contributed by atoms with E-state index in [1.807, 2.05) is 11.4 Å². The molecule has 8 heteroatoms. The van der Waals surface area contributed by atoms with Gasteiger partial charge in [0.05, 0.1) is 12.2 Å². The first-order valence-corrected chi connectivity index (χ1v) is 12.1. The molecule has 1 heterocycles. The molecular weight excluding hydrogens is 434 g/mol. The Morgan fingerprint density at radius 3 is 2.55 bits per heavy atom. The number of nitrogens with zero attached hydrogens (tertiary/aromatic N) is 1. The molecule has 4 rings (SSSR count). The van der Waals surface area contributed by atoms with Crippen molar-refractivity contribution in [1.29, 1.82) is 0 Å². The van der Waals surface area contributed by atoms with Gasteiger partial charge in [-0.2, -0.15) is 0 Å². The monoisotopic (exact) mass is 463 g/mol. The smallest absolute Gasteiger partial charge is 0.251 e. The molecule has 1 saturated carbocycles. The molecule has 1 aromatic heterocycles.